The fourth-order valence-electron chi connectivity index (χ4n) is 5.23. The Morgan fingerprint density at radius 2 is 1.49 bits per heavy atom. The standard InChI is InChI=1S/C29H25F6N3O/c30-28(31,32)19-6-5-7-20(16-19)37-12-14-38(15-13-37)27(39)17-23(21-8-1-3-10-25(21)29(33,34)35)24-18-36-26-11-4-2-9-22(24)26/h1-11,16,18,23,36H,12-15,17H2. The summed E-state index contributed by atoms with van der Waals surface area (Å²) < 4.78 is 81.4. The molecular formula is C29H25F6N3O. The molecule has 1 aliphatic rings. The Hall–Kier alpha value is -3.95. The molecule has 0 radical (unpaired) electrons. The predicted molar refractivity (Wildman–Crippen MR) is 136 cm³/mol. The molecule has 1 aliphatic heterocycles. The van der Waals surface area contributed by atoms with E-state index in [9.17, 15) is 31.1 Å². The second kappa shape index (κ2) is 10.3. The Morgan fingerprint density at radius 3 is 2.21 bits per heavy atom. The molecule has 3 aromatic carbocycles. The van der Waals surface area contributed by atoms with Gasteiger partial charge in [-0.15, -0.1) is 0 Å². The molecule has 2 heterocycles. The normalized spacial score (nSPS) is 15.5. The number of amides is 1. The van der Waals surface area contributed by atoms with Crippen molar-refractivity contribution >= 4 is 22.5 Å². The smallest absolute Gasteiger partial charge is 0.368 e. The number of aromatic amines is 1. The minimum atomic E-state index is -4.60. The van der Waals surface area contributed by atoms with Gasteiger partial charge < -0.3 is 14.8 Å². The summed E-state index contributed by atoms with van der Waals surface area (Å²) in [6.07, 6.45) is -7.58. The number of rotatable bonds is 5. The Bertz CT molecular complexity index is 1470. The second-order valence-corrected chi connectivity index (χ2v) is 9.55. The summed E-state index contributed by atoms with van der Waals surface area (Å²) in [4.78, 5) is 19.9. The van der Waals surface area contributed by atoms with Gasteiger partial charge in [-0.2, -0.15) is 26.3 Å². The molecule has 0 spiro atoms. The quantitative estimate of drug-likeness (QED) is 0.273. The number of carbonyl (C=O) groups excluding carboxylic acids is 1. The third-order valence-corrected chi connectivity index (χ3v) is 7.19. The van der Waals surface area contributed by atoms with Crippen molar-refractivity contribution in [3.63, 3.8) is 0 Å². The maximum Gasteiger partial charge on any atom is 0.416 e. The zero-order valence-corrected chi connectivity index (χ0v) is 20.7. The number of para-hydroxylation sites is 1. The van der Waals surface area contributed by atoms with Crippen LogP contribution in [0, 0.1) is 0 Å². The lowest BCUT2D eigenvalue weighted by Crippen LogP contribution is -2.49. The maximum atomic E-state index is 14.0. The topological polar surface area (TPSA) is 39.3 Å². The van der Waals surface area contributed by atoms with E-state index in [2.05, 4.69) is 4.98 Å². The molecule has 4 nitrogen and oxygen atoms in total. The fourth-order valence-corrected chi connectivity index (χ4v) is 5.23. The highest BCUT2D eigenvalue weighted by Gasteiger charge is 2.37. The first-order valence-electron chi connectivity index (χ1n) is 12.4. The van der Waals surface area contributed by atoms with Crippen LogP contribution in [0.25, 0.3) is 10.9 Å². The van der Waals surface area contributed by atoms with Gasteiger partial charge in [0.25, 0.3) is 0 Å². The van der Waals surface area contributed by atoms with E-state index in [1.165, 1.54) is 24.3 Å². The zero-order valence-electron chi connectivity index (χ0n) is 20.7. The Labute approximate surface area is 220 Å². The van der Waals surface area contributed by atoms with Gasteiger partial charge in [-0.05, 0) is 41.5 Å². The third-order valence-electron chi connectivity index (χ3n) is 7.19. The Balaban J connectivity index is 1.39. The van der Waals surface area contributed by atoms with Crippen molar-refractivity contribution in [1.29, 1.82) is 0 Å². The summed E-state index contributed by atoms with van der Waals surface area (Å²) >= 11 is 0. The molecule has 1 N–H and O–H groups in total. The van der Waals surface area contributed by atoms with Crippen LogP contribution in [0.3, 0.4) is 0 Å². The minimum Gasteiger partial charge on any atom is -0.368 e. The number of aromatic nitrogens is 1. The molecule has 1 saturated heterocycles. The minimum absolute atomic E-state index is 0.0192. The molecule has 5 rings (SSSR count). The van der Waals surface area contributed by atoms with Gasteiger partial charge >= 0.3 is 12.4 Å². The van der Waals surface area contributed by atoms with Crippen LogP contribution in [0.4, 0.5) is 32.0 Å². The number of hydrogen-bond acceptors (Lipinski definition) is 2. The molecule has 1 aromatic heterocycles. The summed E-state index contributed by atoms with van der Waals surface area (Å²) in [7, 11) is 0. The van der Waals surface area contributed by atoms with E-state index in [1.807, 2.05) is 18.2 Å². The van der Waals surface area contributed by atoms with E-state index in [0.717, 1.165) is 29.1 Å². The van der Waals surface area contributed by atoms with E-state index < -0.39 is 29.4 Å². The van der Waals surface area contributed by atoms with Crippen LogP contribution in [-0.4, -0.2) is 42.0 Å². The number of H-pyrrole nitrogens is 1. The summed E-state index contributed by atoms with van der Waals surface area (Å²) in [5.41, 5.74) is 0.242. The second-order valence-electron chi connectivity index (χ2n) is 9.55. The van der Waals surface area contributed by atoms with Crippen LogP contribution in [0.15, 0.2) is 79.0 Å². The van der Waals surface area contributed by atoms with Gasteiger partial charge in [-0.3, -0.25) is 4.79 Å². The van der Waals surface area contributed by atoms with Crippen LogP contribution in [0.5, 0.6) is 0 Å². The highest BCUT2D eigenvalue weighted by molar-refractivity contribution is 5.86. The number of fused-ring (bicyclic) bond motifs is 1. The number of carbonyl (C=O) groups is 1. The molecular weight excluding hydrogens is 520 g/mol. The van der Waals surface area contributed by atoms with Crippen molar-refractivity contribution in [2.45, 2.75) is 24.7 Å². The average Bonchev–Trinajstić information content (AvgIpc) is 3.35. The first-order chi connectivity index (χ1) is 18.5. The van der Waals surface area contributed by atoms with Crippen LogP contribution < -0.4 is 4.90 Å². The predicted octanol–water partition coefficient (Wildman–Crippen LogP) is 7.08. The molecule has 1 fully saturated rings. The molecule has 1 amide bonds. The van der Waals surface area contributed by atoms with Gasteiger partial charge in [0.1, 0.15) is 0 Å². The number of anilines is 1. The fraction of sp³-hybridized carbons (Fsp3) is 0.276. The molecule has 0 bridgehead atoms. The maximum absolute atomic E-state index is 14.0. The first-order valence-corrected chi connectivity index (χ1v) is 12.4. The van der Waals surface area contributed by atoms with Crippen LogP contribution in [-0.2, 0) is 17.1 Å². The summed E-state index contributed by atoms with van der Waals surface area (Å²) in [5, 5.41) is 0.738. The van der Waals surface area contributed by atoms with Crippen molar-refractivity contribution in [3.8, 4) is 0 Å². The van der Waals surface area contributed by atoms with E-state index in [1.54, 1.807) is 28.1 Å². The van der Waals surface area contributed by atoms with Crippen molar-refractivity contribution < 1.29 is 31.1 Å². The summed E-state index contributed by atoms with van der Waals surface area (Å²) in [5.74, 6) is -1.17. The van der Waals surface area contributed by atoms with Gasteiger partial charge in [0, 0.05) is 61.3 Å². The number of nitrogens with one attached hydrogen (secondary N) is 1. The van der Waals surface area contributed by atoms with Gasteiger partial charge in [0.2, 0.25) is 5.91 Å². The largest absolute Gasteiger partial charge is 0.416 e. The van der Waals surface area contributed by atoms with E-state index in [0.29, 0.717) is 24.3 Å². The van der Waals surface area contributed by atoms with Crippen molar-refractivity contribution in [1.82, 2.24) is 9.88 Å². The molecule has 1 atom stereocenters. The van der Waals surface area contributed by atoms with E-state index >= 15 is 0 Å². The van der Waals surface area contributed by atoms with Gasteiger partial charge in [0.15, 0.2) is 0 Å². The molecule has 10 heteroatoms. The lowest BCUT2D eigenvalue weighted by atomic mass is 9.85. The number of piperazine rings is 1. The Kier molecular flexibility index (Phi) is 7.05. The van der Waals surface area contributed by atoms with Crippen molar-refractivity contribution in [3.05, 3.63) is 101 Å². The van der Waals surface area contributed by atoms with Gasteiger partial charge in [-0.25, -0.2) is 0 Å². The lowest BCUT2D eigenvalue weighted by Gasteiger charge is -2.37. The van der Waals surface area contributed by atoms with E-state index in [4.69, 9.17) is 0 Å². The summed E-state index contributed by atoms with van der Waals surface area (Å²) in [6.45, 7) is 1.11. The SMILES string of the molecule is O=C(CC(c1ccccc1C(F)(F)F)c1c[nH]c2ccccc12)N1CCN(c2cccc(C(F)(F)F)c2)CC1. The first kappa shape index (κ1) is 26.6. The van der Waals surface area contributed by atoms with Gasteiger partial charge in [-0.1, -0.05) is 42.5 Å². The van der Waals surface area contributed by atoms with Crippen LogP contribution in [0.1, 0.15) is 34.6 Å². The molecule has 0 aliphatic carbocycles. The number of benzene rings is 3. The third kappa shape index (κ3) is 5.60. The number of hydrogen-bond donors (Lipinski definition) is 1. The van der Waals surface area contributed by atoms with E-state index in [-0.39, 0.29) is 31.0 Å². The average molecular weight is 546 g/mol. The monoisotopic (exact) mass is 545 g/mol. The molecule has 1 unspecified atom stereocenters. The lowest BCUT2D eigenvalue weighted by molar-refractivity contribution is -0.139. The highest BCUT2D eigenvalue weighted by Crippen LogP contribution is 2.41. The number of nitrogens with zero attached hydrogens (tertiary/aromatic N) is 2. The molecule has 4 aromatic rings. The molecule has 0 saturated carbocycles. The number of alkyl halides is 6. The van der Waals surface area contributed by atoms with Crippen molar-refractivity contribution in [2.24, 2.45) is 0 Å². The van der Waals surface area contributed by atoms with Crippen molar-refractivity contribution in [2.75, 3.05) is 31.1 Å². The Morgan fingerprint density at radius 1 is 0.795 bits per heavy atom. The summed E-state index contributed by atoms with van der Waals surface area (Å²) in [6, 6.07) is 17.6. The van der Waals surface area contributed by atoms with Crippen LogP contribution >= 0.6 is 0 Å². The highest BCUT2D eigenvalue weighted by atomic mass is 19.4. The molecule has 204 valence electrons. The molecule has 39 heavy (non-hydrogen) atoms. The van der Waals surface area contributed by atoms with Crippen LogP contribution in [0.2, 0.25) is 0 Å². The zero-order chi connectivity index (χ0) is 27.8. The van der Waals surface area contributed by atoms with Gasteiger partial charge in [0.05, 0.1) is 11.1 Å². The number of halogens is 6.